The smallest absolute Gasteiger partial charge is 0.240 e. The first-order chi connectivity index (χ1) is 14.5. The van der Waals surface area contributed by atoms with Gasteiger partial charge in [-0.05, 0) is 12.2 Å². The maximum Gasteiger partial charge on any atom is 0.240 e. The Balaban J connectivity index is -0.000000200. The number of nitrogens with two attached hydrogens (primary N) is 1. The molecule has 0 fully saturated rings. The summed E-state index contributed by atoms with van der Waals surface area (Å²) in [5, 5.41) is 7.44. The van der Waals surface area contributed by atoms with Crippen LogP contribution in [0.2, 0.25) is 0 Å². The minimum atomic E-state index is -0.417. The number of rotatable bonds is 12. The number of carbonyl (C=O) groups is 4. The van der Waals surface area contributed by atoms with Gasteiger partial charge in [0.05, 0.1) is 31.7 Å². The third-order valence-electron chi connectivity index (χ3n) is 2.59. The second-order valence-electron chi connectivity index (χ2n) is 4.61. The Labute approximate surface area is 190 Å². The second kappa shape index (κ2) is 41.7. The highest BCUT2D eigenvalue weighted by Gasteiger charge is 2.06. The van der Waals surface area contributed by atoms with Crippen LogP contribution in [0.4, 0.5) is 0 Å². The van der Waals surface area contributed by atoms with Gasteiger partial charge in [0.15, 0.2) is 7.85 Å². The summed E-state index contributed by atoms with van der Waals surface area (Å²) in [7, 11) is 4.17. The first kappa shape index (κ1) is 39.0. The van der Waals surface area contributed by atoms with Crippen molar-refractivity contribution in [2.24, 2.45) is 5.73 Å². The van der Waals surface area contributed by atoms with E-state index in [1.165, 1.54) is 19.3 Å². The van der Waals surface area contributed by atoms with Crippen molar-refractivity contribution >= 4 is 43.5 Å². The van der Waals surface area contributed by atoms with E-state index in [0.29, 0.717) is 5.88 Å². The fraction of sp³-hybridized carbons (Fsp3) is 0.800. The van der Waals surface area contributed by atoms with Crippen molar-refractivity contribution < 1.29 is 19.2 Å². The summed E-state index contributed by atoms with van der Waals surface area (Å²) in [6.07, 6.45) is 5.10. The van der Waals surface area contributed by atoms with Gasteiger partial charge in [-0.2, -0.15) is 0 Å². The third kappa shape index (κ3) is 45.3. The molecule has 0 aromatic carbocycles. The highest BCUT2D eigenvalue weighted by atomic mass is 32.2. The van der Waals surface area contributed by atoms with Crippen LogP contribution in [0, 0.1) is 0 Å². The molecule has 8 nitrogen and oxygen atoms in total. The Kier molecular flexibility index (Phi) is 54.2. The van der Waals surface area contributed by atoms with Crippen molar-refractivity contribution in [3.05, 3.63) is 0 Å². The second-order valence-corrected chi connectivity index (χ2v) is 5.71. The number of thioether (sulfide) groups is 1. The van der Waals surface area contributed by atoms with Gasteiger partial charge in [-0.1, -0.05) is 67.7 Å². The largest absolute Gasteiger partial charge is 0.346 e. The van der Waals surface area contributed by atoms with Gasteiger partial charge in [0.2, 0.25) is 17.7 Å². The number of unbranched alkanes of at least 4 members (excludes halogenated alkanes) is 3. The number of hydrogen-bond donors (Lipinski definition) is 4. The summed E-state index contributed by atoms with van der Waals surface area (Å²) in [6, 6.07) is 0. The molecule has 3 amide bonds. The molecule has 178 valence electrons. The fourth-order valence-corrected chi connectivity index (χ4v) is 2.21. The van der Waals surface area contributed by atoms with E-state index in [0.717, 1.165) is 12.2 Å². The topological polar surface area (TPSA) is 130 Å². The number of hydrogen-bond acceptors (Lipinski definition) is 6. The van der Waals surface area contributed by atoms with Gasteiger partial charge in [-0.3, -0.25) is 14.4 Å². The Morgan fingerprint density at radius 1 is 0.833 bits per heavy atom. The van der Waals surface area contributed by atoms with Crippen molar-refractivity contribution in [1.82, 2.24) is 16.0 Å². The van der Waals surface area contributed by atoms with E-state index in [2.05, 4.69) is 30.7 Å². The molecule has 0 bridgehead atoms. The number of nitrogens with one attached hydrogen (secondary N) is 3. The van der Waals surface area contributed by atoms with Crippen LogP contribution in [-0.4, -0.2) is 63.0 Å². The minimum Gasteiger partial charge on any atom is -0.346 e. The van der Waals surface area contributed by atoms with E-state index >= 15 is 0 Å². The Bertz CT molecular complexity index is 377. The molecule has 0 aliphatic carbocycles. The molecule has 0 unspecified atom stereocenters. The van der Waals surface area contributed by atoms with Crippen LogP contribution in [0.15, 0.2) is 0 Å². The molecule has 5 N–H and O–H groups in total. The Hall–Kier alpha value is -1.55. The first-order valence-corrected chi connectivity index (χ1v) is 11.9. The molecule has 0 heterocycles. The molecule has 0 saturated carbocycles. The molecule has 0 aliphatic rings. The SMILES string of the molecule is CC.CC.CC.CCCCCCSCNC(=O)CNC(=O)CNC(=O)CN.[B]C=O. The molecule has 0 aromatic rings. The molecule has 10 heteroatoms. The Morgan fingerprint density at radius 3 is 1.70 bits per heavy atom. The van der Waals surface area contributed by atoms with E-state index in [1.54, 1.807) is 11.8 Å². The summed E-state index contributed by atoms with van der Waals surface area (Å²) in [5.74, 6) is 0.505. The summed E-state index contributed by atoms with van der Waals surface area (Å²) in [5.41, 5.74) is 5.08. The summed E-state index contributed by atoms with van der Waals surface area (Å²) in [6.45, 7) is 13.7. The van der Waals surface area contributed by atoms with Crippen LogP contribution in [-0.2, 0) is 19.2 Å². The standard InChI is InChI=1S/C13H26N4O3S.3C2H6.CHBO/c1-2-3-4-5-6-21-10-17-13(20)9-16-12(19)8-15-11(18)7-14;3*1-2;2-1-3/h2-10,14H2,1H3,(H,15,18)(H,16,19)(H,17,20);3*1-2H3;1H. The molecule has 0 aliphatic heterocycles. The molecule has 0 rings (SSSR count). The Morgan fingerprint density at radius 2 is 1.27 bits per heavy atom. The summed E-state index contributed by atoms with van der Waals surface area (Å²) >= 11 is 1.67. The third-order valence-corrected chi connectivity index (χ3v) is 3.52. The summed E-state index contributed by atoms with van der Waals surface area (Å²) in [4.78, 5) is 42.1. The van der Waals surface area contributed by atoms with Gasteiger partial charge in [0.1, 0.15) is 0 Å². The minimum absolute atomic E-state index is 0.0896. The average molecular weight is 448 g/mol. The van der Waals surface area contributed by atoms with E-state index in [9.17, 15) is 14.4 Å². The normalized spacial score (nSPS) is 8.00. The van der Waals surface area contributed by atoms with Gasteiger partial charge in [-0.15, -0.1) is 11.8 Å². The lowest BCUT2D eigenvalue weighted by molar-refractivity contribution is -0.127. The summed E-state index contributed by atoms with van der Waals surface area (Å²) < 4.78 is 0. The van der Waals surface area contributed by atoms with Crippen LogP contribution < -0.4 is 21.7 Å². The zero-order valence-corrected chi connectivity index (χ0v) is 21.0. The van der Waals surface area contributed by atoms with Crippen molar-refractivity contribution in [2.45, 2.75) is 74.1 Å². The van der Waals surface area contributed by atoms with Crippen LogP contribution in [0.25, 0.3) is 0 Å². The lowest BCUT2D eigenvalue weighted by Crippen LogP contribution is -2.43. The van der Waals surface area contributed by atoms with E-state index in [4.69, 9.17) is 10.5 Å². The number of carbonyl (C=O) groups excluding carboxylic acids is 4. The van der Waals surface area contributed by atoms with Crippen LogP contribution in [0.3, 0.4) is 0 Å². The van der Waals surface area contributed by atoms with Gasteiger partial charge in [-0.25, -0.2) is 0 Å². The molecule has 0 spiro atoms. The average Bonchev–Trinajstić information content (AvgIpc) is 2.80. The lowest BCUT2D eigenvalue weighted by Gasteiger charge is -2.07. The van der Waals surface area contributed by atoms with Gasteiger partial charge in [0.25, 0.3) is 0 Å². The zero-order valence-electron chi connectivity index (χ0n) is 20.1. The maximum atomic E-state index is 11.4. The first-order valence-electron chi connectivity index (χ1n) is 10.7. The monoisotopic (exact) mass is 448 g/mol. The quantitative estimate of drug-likeness (QED) is 0.156. The van der Waals surface area contributed by atoms with Gasteiger partial charge < -0.3 is 26.5 Å². The van der Waals surface area contributed by atoms with Crippen molar-refractivity contribution in [3.63, 3.8) is 0 Å². The molecule has 2 radical (unpaired) electrons. The predicted octanol–water partition coefficient (Wildman–Crippen LogP) is 1.99. The zero-order chi connectivity index (χ0) is 24.6. The van der Waals surface area contributed by atoms with Gasteiger partial charge in [0, 0.05) is 0 Å². The highest BCUT2D eigenvalue weighted by Crippen LogP contribution is 2.05. The number of amides is 3. The maximum absolute atomic E-state index is 11.4. The van der Waals surface area contributed by atoms with E-state index in [1.807, 2.05) is 41.5 Å². The van der Waals surface area contributed by atoms with Crippen molar-refractivity contribution in [1.29, 1.82) is 0 Å². The van der Waals surface area contributed by atoms with E-state index in [-0.39, 0.29) is 31.7 Å². The molecule has 0 saturated heterocycles. The lowest BCUT2D eigenvalue weighted by atomic mass is 10.2. The molecular weight excluding hydrogens is 403 g/mol. The van der Waals surface area contributed by atoms with Gasteiger partial charge >= 0.3 is 0 Å². The van der Waals surface area contributed by atoms with Crippen LogP contribution in [0.5, 0.6) is 0 Å². The molecule has 0 atom stereocenters. The molecular formula is C20H45BN4O4S. The highest BCUT2D eigenvalue weighted by molar-refractivity contribution is 7.99. The van der Waals surface area contributed by atoms with Crippen LogP contribution in [0.1, 0.15) is 74.1 Å². The fourth-order valence-electron chi connectivity index (χ4n) is 1.39. The van der Waals surface area contributed by atoms with Crippen molar-refractivity contribution in [2.75, 3.05) is 31.3 Å². The molecule has 30 heavy (non-hydrogen) atoms. The van der Waals surface area contributed by atoms with E-state index < -0.39 is 11.8 Å². The van der Waals surface area contributed by atoms with Crippen LogP contribution >= 0.6 is 11.8 Å². The van der Waals surface area contributed by atoms with Crippen molar-refractivity contribution in [3.8, 4) is 0 Å². The molecule has 0 aromatic heterocycles. The predicted molar refractivity (Wildman–Crippen MR) is 131 cm³/mol.